The molecule has 1 N–H and O–H groups in total. The maximum Gasteiger partial charge on any atom is 0.133 e. The standard InChI is InChI=1S/C28H20N2/c1-2-11-21(12-3-1)28-29-26-23-15-7-5-10-20(23)17-18-25(26)27(30-28)24-16-8-13-19-9-4-6-14-22(19)24/h1-18,27H,(H,29,30). The van der Waals surface area contributed by atoms with Gasteiger partial charge in [0.1, 0.15) is 11.9 Å². The van der Waals surface area contributed by atoms with Crippen molar-refractivity contribution >= 4 is 33.1 Å². The predicted octanol–water partition coefficient (Wildman–Crippen LogP) is 6.95. The van der Waals surface area contributed by atoms with E-state index in [0.29, 0.717) is 0 Å². The Bertz CT molecular complexity index is 1410. The minimum Gasteiger partial charge on any atom is -0.339 e. The van der Waals surface area contributed by atoms with Crippen molar-refractivity contribution in [2.45, 2.75) is 6.04 Å². The number of nitrogens with one attached hydrogen (secondary N) is 1. The van der Waals surface area contributed by atoms with E-state index in [1.807, 2.05) is 6.07 Å². The van der Waals surface area contributed by atoms with Crippen molar-refractivity contribution in [3.8, 4) is 0 Å². The summed E-state index contributed by atoms with van der Waals surface area (Å²) in [6.45, 7) is 0. The van der Waals surface area contributed by atoms with Crippen LogP contribution < -0.4 is 5.32 Å². The molecule has 0 spiro atoms. The molecular weight excluding hydrogens is 364 g/mol. The van der Waals surface area contributed by atoms with Gasteiger partial charge in [-0.3, -0.25) is 4.99 Å². The lowest BCUT2D eigenvalue weighted by Crippen LogP contribution is -2.22. The molecule has 5 aromatic rings. The van der Waals surface area contributed by atoms with Gasteiger partial charge in [0.05, 0.1) is 5.69 Å². The average Bonchev–Trinajstić information content (AvgIpc) is 2.83. The lowest BCUT2D eigenvalue weighted by Gasteiger charge is -2.28. The van der Waals surface area contributed by atoms with Crippen LogP contribution in [0.25, 0.3) is 21.5 Å². The normalized spacial score (nSPS) is 15.5. The fourth-order valence-electron chi connectivity index (χ4n) is 4.47. The molecule has 2 heteroatoms. The highest BCUT2D eigenvalue weighted by Crippen LogP contribution is 2.41. The van der Waals surface area contributed by atoms with Gasteiger partial charge >= 0.3 is 0 Å². The molecule has 0 bridgehead atoms. The molecule has 0 saturated carbocycles. The second kappa shape index (κ2) is 6.85. The monoisotopic (exact) mass is 384 g/mol. The summed E-state index contributed by atoms with van der Waals surface area (Å²) in [6, 6.07) is 38.4. The first-order valence-electron chi connectivity index (χ1n) is 10.3. The largest absolute Gasteiger partial charge is 0.339 e. The first kappa shape index (κ1) is 17.0. The Morgan fingerprint density at radius 1 is 0.533 bits per heavy atom. The van der Waals surface area contributed by atoms with Crippen molar-refractivity contribution in [1.29, 1.82) is 0 Å². The van der Waals surface area contributed by atoms with Crippen LogP contribution in [0.4, 0.5) is 5.69 Å². The van der Waals surface area contributed by atoms with Crippen LogP contribution in [0.15, 0.2) is 114 Å². The minimum atomic E-state index is -0.0628. The molecule has 1 aliphatic rings. The molecule has 0 aromatic heterocycles. The fraction of sp³-hybridized carbons (Fsp3) is 0.0357. The second-order valence-electron chi connectivity index (χ2n) is 7.69. The van der Waals surface area contributed by atoms with Crippen LogP contribution in [0, 0.1) is 0 Å². The number of rotatable bonds is 2. The Balaban J connectivity index is 1.65. The van der Waals surface area contributed by atoms with Gasteiger partial charge < -0.3 is 5.32 Å². The third kappa shape index (κ3) is 2.69. The lowest BCUT2D eigenvalue weighted by atomic mass is 9.90. The topological polar surface area (TPSA) is 24.4 Å². The SMILES string of the molecule is c1ccc(C2=NC(c3cccc4ccccc34)c3ccc4ccccc4c3N2)cc1. The van der Waals surface area contributed by atoms with E-state index in [2.05, 4.69) is 108 Å². The molecule has 1 aliphatic heterocycles. The van der Waals surface area contributed by atoms with Crippen LogP contribution in [-0.2, 0) is 0 Å². The van der Waals surface area contributed by atoms with E-state index in [1.54, 1.807) is 0 Å². The number of anilines is 1. The molecule has 30 heavy (non-hydrogen) atoms. The molecule has 0 aliphatic carbocycles. The lowest BCUT2D eigenvalue weighted by molar-refractivity contribution is 0.874. The molecule has 0 fully saturated rings. The van der Waals surface area contributed by atoms with Crippen LogP contribution in [0.3, 0.4) is 0 Å². The molecule has 0 radical (unpaired) electrons. The Morgan fingerprint density at radius 3 is 2.03 bits per heavy atom. The van der Waals surface area contributed by atoms with Gasteiger partial charge in [-0.15, -0.1) is 0 Å². The van der Waals surface area contributed by atoms with Gasteiger partial charge in [0, 0.05) is 16.5 Å². The molecule has 142 valence electrons. The maximum absolute atomic E-state index is 5.23. The third-order valence-electron chi connectivity index (χ3n) is 5.92. The van der Waals surface area contributed by atoms with Gasteiger partial charge in [-0.05, 0) is 21.7 Å². The zero-order chi connectivity index (χ0) is 19.9. The van der Waals surface area contributed by atoms with E-state index in [0.717, 1.165) is 17.1 Å². The summed E-state index contributed by atoms with van der Waals surface area (Å²) in [5.74, 6) is 0.914. The van der Waals surface area contributed by atoms with Crippen LogP contribution in [-0.4, -0.2) is 5.84 Å². The van der Waals surface area contributed by atoms with E-state index >= 15 is 0 Å². The van der Waals surface area contributed by atoms with Crippen molar-refractivity contribution in [3.05, 3.63) is 126 Å². The number of aliphatic imine (C=N–C) groups is 1. The van der Waals surface area contributed by atoms with Gasteiger partial charge in [0.15, 0.2) is 0 Å². The van der Waals surface area contributed by atoms with Crippen LogP contribution in [0.2, 0.25) is 0 Å². The highest BCUT2D eigenvalue weighted by Gasteiger charge is 2.26. The number of hydrogen-bond acceptors (Lipinski definition) is 2. The fourth-order valence-corrected chi connectivity index (χ4v) is 4.47. The van der Waals surface area contributed by atoms with Crippen molar-refractivity contribution in [3.63, 3.8) is 0 Å². The number of benzene rings is 5. The minimum absolute atomic E-state index is 0.0628. The van der Waals surface area contributed by atoms with Crippen LogP contribution >= 0.6 is 0 Å². The molecular formula is C28H20N2. The first-order valence-corrected chi connectivity index (χ1v) is 10.3. The summed E-state index contributed by atoms with van der Waals surface area (Å²) in [4.78, 5) is 5.23. The molecule has 1 atom stereocenters. The second-order valence-corrected chi connectivity index (χ2v) is 7.69. The summed E-state index contributed by atoms with van der Waals surface area (Å²) in [6.07, 6.45) is 0. The summed E-state index contributed by atoms with van der Waals surface area (Å²) in [5, 5.41) is 8.61. The van der Waals surface area contributed by atoms with E-state index in [9.17, 15) is 0 Å². The van der Waals surface area contributed by atoms with E-state index < -0.39 is 0 Å². The molecule has 0 amide bonds. The zero-order valence-corrected chi connectivity index (χ0v) is 16.4. The molecule has 1 heterocycles. The number of nitrogens with zero attached hydrogens (tertiary/aromatic N) is 1. The molecule has 1 unspecified atom stereocenters. The quantitative estimate of drug-likeness (QED) is 0.350. The van der Waals surface area contributed by atoms with Gasteiger partial charge in [-0.2, -0.15) is 0 Å². The van der Waals surface area contributed by atoms with E-state index in [4.69, 9.17) is 4.99 Å². The van der Waals surface area contributed by atoms with Crippen molar-refractivity contribution in [2.24, 2.45) is 4.99 Å². The van der Waals surface area contributed by atoms with Gasteiger partial charge in [0.2, 0.25) is 0 Å². The highest BCUT2D eigenvalue weighted by atomic mass is 15.0. The van der Waals surface area contributed by atoms with Gasteiger partial charge in [-0.25, -0.2) is 0 Å². The first-order chi connectivity index (χ1) is 14.9. The van der Waals surface area contributed by atoms with Crippen LogP contribution in [0.1, 0.15) is 22.7 Å². The highest BCUT2D eigenvalue weighted by molar-refractivity contribution is 6.14. The number of amidine groups is 1. The number of fused-ring (bicyclic) bond motifs is 4. The maximum atomic E-state index is 5.23. The molecule has 5 aromatic carbocycles. The Labute approximate surface area is 175 Å². The van der Waals surface area contributed by atoms with Crippen LogP contribution in [0.5, 0.6) is 0 Å². The van der Waals surface area contributed by atoms with Crippen molar-refractivity contribution in [1.82, 2.24) is 0 Å². The summed E-state index contributed by atoms with van der Waals surface area (Å²) < 4.78 is 0. The Kier molecular flexibility index (Phi) is 3.88. The van der Waals surface area contributed by atoms with E-state index in [-0.39, 0.29) is 6.04 Å². The molecule has 2 nitrogen and oxygen atoms in total. The smallest absolute Gasteiger partial charge is 0.133 e. The summed E-state index contributed by atoms with van der Waals surface area (Å²) in [7, 11) is 0. The zero-order valence-electron chi connectivity index (χ0n) is 16.4. The predicted molar refractivity (Wildman–Crippen MR) is 126 cm³/mol. The van der Waals surface area contributed by atoms with Crippen molar-refractivity contribution in [2.75, 3.05) is 5.32 Å². The summed E-state index contributed by atoms with van der Waals surface area (Å²) >= 11 is 0. The van der Waals surface area contributed by atoms with Gasteiger partial charge in [-0.1, -0.05) is 109 Å². The third-order valence-corrected chi connectivity index (χ3v) is 5.92. The van der Waals surface area contributed by atoms with E-state index in [1.165, 1.54) is 32.7 Å². The molecule has 6 rings (SSSR count). The average molecular weight is 384 g/mol. The number of hydrogen-bond donors (Lipinski definition) is 1. The summed E-state index contributed by atoms with van der Waals surface area (Å²) in [5.41, 5.74) is 4.70. The van der Waals surface area contributed by atoms with Gasteiger partial charge in [0.25, 0.3) is 0 Å². The molecule has 0 saturated heterocycles. The Hall–Kier alpha value is -3.91. The Morgan fingerprint density at radius 2 is 1.20 bits per heavy atom. The van der Waals surface area contributed by atoms with Crippen molar-refractivity contribution < 1.29 is 0 Å².